The van der Waals surface area contributed by atoms with Crippen LogP contribution in [0.4, 0.5) is 4.39 Å². The van der Waals surface area contributed by atoms with E-state index in [0.29, 0.717) is 24.5 Å². The Balaban J connectivity index is 1.45. The van der Waals surface area contributed by atoms with E-state index in [1.165, 1.54) is 6.07 Å². The van der Waals surface area contributed by atoms with Crippen LogP contribution in [0.25, 0.3) is 10.6 Å². The Kier molecular flexibility index (Phi) is 8.80. The maximum atomic E-state index is 14.0. The summed E-state index contributed by atoms with van der Waals surface area (Å²) in [6.45, 7) is 1.11. The maximum absolute atomic E-state index is 14.0. The lowest BCUT2D eigenvalue weighted by Crippen LogP contribution is -2.35. The minimum Gasteiger partial charge on any atom is -0.566 e. The average molecular weight is 575 g/mol. The van der Waals surface area contributed by atoms with Crippen LogP contribution < -0.4 is 18.9 Å². The maximum Gasteiger partial charge on any atom is 0.490 e. The average Bonchev–Trinajstić information content (AvgIpc) is 3.41. The van der Waals surface area contributed by atoms with Crippen molar-refractivity contribution < 1.29 is 36.1 Å². The molecule has 4 aromatic rings. The van der Waals surface area contributed by atoms with Gasteiger partial charge in [0.25, 0.3) is 10.0 Å². The van der Waals surface area contributed by atoms with Gasteiger partial charge in [-0.1, -0.05) is 23.5 Å². The van der Waals surface area contributed by atoms with Gasteiger partial charge in [-0.05, 0) is 41.0 Å². The van der Waals surface area contributed by atoms with E-state index in [1.807, 2.05) is 39.9 Å². The van der Waals surface area contributed by atoms with Crippen LogP contribution in [0, 0.1) is 17.1 Å². The Morgan fingerprint density at radius 3 is 2.55 bits per heavy atom. The highest BCUT2D eigenvalue weighted by atomic mass is 32.2. The van der Waals surface area contributed by atoms with Crippen molar-refractivity contribution >= 4 is 29.6 Å². The second-order valence-corrected chi connectivity index (χ2v) is 11.1. The van der Waals surface area contributed by atoms with Gasteiger partial charge in [0.15, 0.2) is 18.9 Å². The van der Waals surface area contributed by atoms with Crippen LogP contribution in [-0.2, 0) is 25.7 Å². The van der Waals surface area contributed by atoms with Crippen molar-refractivity contribution in [2.75, 3.05) is 6.61 Å². The lowest BCUT2D eigenvalue weighted by molar-refractivity contribution is -0.697. The Labute approximate surface area is 221 Å². The fraction of sp³-hybridized carbons (Fsp3) is 0.130. The van der Waals surface area contributed by atoms with E-state index in [4.69, 9.17) is 10.00 Å². The molecule has 1 N–H and O–H groups in total. The van der Waals surface area contributed by atoms with E-state index in [9.17, 15) is 22.3 Å². The number of pyridine rings is 1. The van der Waals surface area contributed by atoms with Crippen molar-refractivity contribution in [3.05, 3.63) is 90.0 Å². The predicted octanol–water partition coefficient (Wildman–Crippen LogP) is 2.59. The summed E-state index contributed by atoms with van der Waals surface area (Å²) < 4.78 is 64.9. The first-order valence-corrected chi connectivity index (χ1v) is 14.2. The molecular weight excluding hydrogens is 556 g/mol. The van der Waals surface area contributed by atoms with E-state index in [0.717, 1.165) is 23.5 Å². The molecule has 0 aliphatic carbocycles. The minimum absolute atomic E-state index is 0.171. The van der Waals surface area contributed by atoms with Crippen LogP contribution >= 0.6 is 19.6 Å². The molecule has 0 bridgehead atoms. The molecular formula is C23H18FN5O6PS2+. The minimum atomic E-state index is -4.43. The van der Waals surface area contributed by atoms with Gasteiger partial charge >= 0.3 is 8.25 Å². The third kappa shape index (κ3) is 6.99. The number of nitriles is 1. The molecule has 15 heteroatoms. The molecule has 2 unspecified atom stereocenters. The van der Waals surface area contributed by atoms with Crippen molar-refractivity contribution in [3.8, 4) is 22.4 Å². The van der Waals surface area contributed by atoms with Gasteiger partial charge in [-0.3, -0.25) is 0 Å². The standard InChI is InChI=1S/C23H18FN5O6PS2/c24-20-14-17(4-5-18(20)15-25)21(35-36(30)31)28-38(32,33)23-27-26-22(37-23)16-6-8-19(9-7-16)34-13-12-29-10-2-1-3-11-29/h1-11,14,21,28H,12-13H2/q+1. The van der Waals surface area contributed by atoms with Crippen LogP contribution in [0.5, 0.6) is 5.75 Å². The molecule has 0 fully saturated rings. The molecule has 194 valence electrons. The molecule has 0 amide bonds. The fourth-order valence-corrected chi connectivity index (χ4v) is 5.73. The Morgan fingerprint density at radius 2 is 1.89 bits per heavy atom. The number of halogens is 1. The molecule has 11 nitrogen and oxygen atoms in total. The number of hydrogen-bond acceptors (Lipinski definition) is 10. The molecule has 0 aliphatic rings. The molecule has 0 aliphatic heterocycles. The zero-order chi connectivity index (χ0) is 27.1. The largest absolute Gasteiger partial charge is 0.566 e. The summed E-state index contributed by atoms with van der Waals surface area (Å²) in [4.78, 5) is 11.2. The molecule has 2 atom stereocenters. The van der Waals surface area contributed by atoms with Crippen molar-refractivity contribution in [2.45, 2.75) is 17.1 Å². The first-order chi connectivity index (χ1) is 18.2. The van der Waals surface area contributed by atoms with Gasteiger partial charge in [0.2, 0.25) is 10.6 Å². The fourth-order valence-electron chi connectivity index (χ4n) is 3.19. The highest BCUT2D eigenvalue weighted by molar-refractivity contribution is 7.91. The van der Waals surface area contributed by atoms with Gasteiger partial charge in [0.05, 0.1) is 5.56 Å². The zero-order valence-corrected chi connectivity index (χ0v) is 21.8. The van der Waals surface area contributed by atoms with Crippen LogP contribution in [0.15, 0.2) is 77.4 Å². The summed E-state index contributed by atoms with van der Waals surface area (Å²) in [7, 11) is -7.95. The van der Waals surface area contributed by atoms with Crippen LogP contribution in [0.3, 0.4) is 0 Å². The van der Waals surface area contributed by atoms with E-state index >= 15 is 0 Å². The van der Waals surface area contributed by atoms with Crippen LogP contribution in [0.1, 0.15) is 17.4 Å². The molecule has 4 rings (SSSR count). The summed E-state index contributed by atoms with van der Waals surface area (Å²) in [5.74, 6) is -0.353. The van der Waals surface area contributed by atoms with Crippen LogP contribution in [0.2, 0.25) is 0 Å². The van der Waals surface area contributed by atoms with Gasteiger partial charge in [-0.2, -0.15) is 9.98 Å². The SMILES string of the molecule is N#Cc1ccc(C(NS(=O)(=O)c2nnc(-c3ccc(OCC[n+]4ccccc4)cc3)s2)O[P+](=O)[O-])cc1F. The molecule has 0 saturated heterocycles. The predicted molar refractivity (Wildman–Crippen MR) is 130 cm³/mol. The first-order valence-electron chi connectivity index (χ1n) is 10.8. The highest BCUT2D eigenvalue weighted by Crippen LogP contribution is 2.30. The Bertz CT molecular complexity index is 1580. The van der Waals surface area contributed by atoms with Gasteiger partial charge in [0.1, 0.15) is 29.3 Å². The summed E-state index contributed by atoms with van der Waals surface area (Å²) in [6.07, 6.45) is 2.07. The van der Waals surface area contributed by atoms with E-state index < -0.39 is 34.7 Å². The monoisotopic (exact) mass is 574 g/mol. The van der Waals surface area contributed by atoms with E-state index in [-0.39, 0.29) is 16.1 Å². The van der Waals surface area contributed by atoms with Crippen molar-refractivity contribution in [3.63, 3.8) is 0 Å². The van der Waals surface area contributed by atoms with Gasteiger partial charge in [-0.25, -0.2) is 17.4 Å². The van der Waals surface area contributed by atoms with Crippen molar-refractivity contribution in [1.82, 2.24) is 14.9 Å². The lowest BCUT2D eigenvalue weighted by Gasteiger charge is -2.13. The lowest BCUT2D eigenvalue weighted by atomic mass is 10.1. The normalized spacial score (nSPS) is 12.5. The molecule has 38 heavy (non-hydrogen) atoms. The van der Waals surface area contributed by atoms with E-state index in [1.54, 1.807) is 30.3 Å². The molecule has 2 heterocycles. The summed E-state index contributed by atoms with van der Waals surface area (Å²) >= 11 is 0.739. The summed E-state index contributed by atoms with van der Waals surface area (Å²) in [5, 5.41) is 16.8. The second-order valence-electron chi connectivity index (χ2n) is 7.54. The number of ether oxygens (including phenoxy) is 1. The molecule has 0 saturated carbocycles. The Morgan fingerprint density at radius 1 is 1.16 bits per heavy atom. The molecule has 2 aromatic carbocycles. The number of hydrogen-bond donors (Lipinski definition) is 1. The smallest absolute Gasteiger partial charge is 0.490 e. The van der Waals surface area contributed by atoms with Gasteiger partial charge in [-0.15, -0.1) is 14.7 Å². The number of nitrogens with one attached hydrogen (secondary N) is 1. The third-order valence-electron chi connectivity index (χ3n) is 5.00. The first kappa shape index (κ1) is 27.3. The number of rotatable bonds is 11. The topological polar surface area (TPSA) is 158 Å². The van der Waals surface area contributed by atoms with Crippen LogP contribution in [-0.4, -0.2) is 25.2 Å². The van der Waals surface area contributed by atoms with Gasteiger partial charge < -0.3 is 9.63 Å². The van der Waals surface area contributed by atoms with Crippen molar-refractivity contribution in [1.29, 1.82) is 5.26 Å². The molecule has 0 spiro atoms. The third-order valence-corrected chi connectivity index (χ3v) is 8.13. The summed E-state index contributed by atoms with van der Waals surface area (Å²) in [6, 6.07) is 17.3. The quantitative estimate of drug-likeness (QED) is 0.161. The number of nitrogens with zero attached hydrogens (tertiary/aromatic N) is 4. The number of benzene rings is 2. The highest BCUT2D eigenvalue weighted by Gasteiger charge is 2.30. The van der Waals surface area contributed by atoms with E-state index in [2.05, 4.69) is 14.7 Å². The molecule has 2 aromatic heterocycles. The summed E-state index contributed by atoms with van der Waals surface area (Å²) in [5.41, 5.74) is 0.107. The number of sulfonamides is 1. The zero-order valence-electron chi connectivity index (χ0n) is 19.3. The Hall–Kier alpha value is -3.70. The second kappa shape index (κ2) is 12.2. The van der Waals surface area contributed by atoms with Crippen molar-refractivity contribution in [2.24, 2.45) is 0 Å². The number of aromatic nitrogens is 3. The van der Waals surface area contributed by atoms with Gasteiger partial charge in [0, 0.05) is 23.3 Å². The molecule has 0 radical (unpaired) electrons.